The third kappa shape index (κ3) is 4.65. The molecule has 0 saturated carbocycles. The maximum Gasteiger partial charge on any atom is 0.0178 e. The van der Waals surface area contributed by atoms with E-state index in [1.165, 1.54) is 87.6 Å². The largest absolute Gasteiger partial charge is 0.0622 e. The Bertz CT molecular complexity index is 2600. The van der Waals surface area contributed by atoms with Crippen molar-refractivity contribution in [3.8, 4) is 44.5 Å². The van der Waals surface area contributed by atoms with E-state index >= 15 is 0 Å². The van der Waals surface area contributed by atoms with Gasteiger partial charge in [-0.3, -0.25) is 0 Å². The third-order valence-electron chi connectivity index (χ3n) is 10.3. The van der Waals surface area contributed by atoms with Crippen molar-refractivity contribution in [3.63, 3.8) is 0 Å². The minimum absolute atomic E-state index is 0.189. The molecule has 228 valence electrons. The van der Waals surface area contributed by atoms with Crippen LogP contribution in [-0.2, 0) is 5.41 Å². The summed E-state index contributed by atoms with van der Waals surface area (Å²) in [5.41, 5.74) is 15.1. The van der Waals surface area contributed by atoms with Gasteiger partial charge in [0.15, 0.2) is 0 Å². The van der Waals surface area contributed by atoms with Gasteiger partial charge >= 0.3 is 0 Å². The van der Waals surface area contributed by atoms with Crippen LogP contribution < -0.4 is 10.4 Å². The normalized spacial score (nSPS) is 13.4. The number of fused-ring (bicyclic) bond motifs is 4. The van der Waals surface area contributed by atoms with Crippen molar-refractivity contribution < 1.29 is 0 Å². The molecule has 0 spiro atoms. The van der Waals surface area contributed by atoms with Crippen molar-refractivity contribution in [2.75, 3.05) is 0 Å². The van der Waals surface area contributed by atoms with Crippen molar-refractivity contribution >= 4 is 28.1 Å². The molecule has 0 fully saturated rings. The lowest BCUT2D eigenvalue weighted by molar-refractivity contribution is 0.629. The van der Waals surface area contributed by atoms with Crippen LogP contribution in [0, 0.1) is 10.4 Å². The summed E-state index contributed by atoms with van der Waals surface area (Å²) in [5.74, 6) is 0. The first-order valence-corrected chi connectivity index (χ1v) is 17.4. The summed E-state index contributed by atoms with van der Waals surface area (Å²) in [7, 11) is 0. The fourth-order valence-corrected chi connectivity index (χ4v) is 8.23. The molecule has 0 heterocycles. The molecule has 7 aromatic carbocycles. The number of benzene rings is 7. The molecule has 0 radical (unpaired) electrons. The molecular formula is C47H33Br. The van der Waals surface area contributed by atoms with Crippen molar-refractivity contribution in [1.82, 2.24) is 0 Å². The van der Waals surface area contributed by atoms with E-state index in [0.717, 1.165) is 4.47 Å². The van der Waals surface area contributed by atoms with E-state index in [9.17, 15) is 0 Å². The predicted molar refractivity (Wildman–Crippen MR) is 205 cm³/mol. The Morgan fingerprint density at radius 3 is 1.71 bits per heavy atom. The molecule has 0 aromatic heterocycles. The van der Waals surface area contributed by atoms with Crippen LogP contribution in [0.4, 0.5) is 0 Å². The van der Waals surface area contributed by atoms with Crippen LogP contribution in [-0.4, -0.2) is 0 Å². The SMILES string of the molecule is CC1(C)c2cc(Br)ccc2C=c2c1cc1c(c2-c2ccc(-c3ccccc3)cc2)C=c2cccc(-c3ccc(-c4ccccc4)cc3)c2=1. The fraction of sp³-hybridized carbons (Fsp3) is 0.0638. The minimum Gasteiger partial charge on any atom is -0.0622 e. The van der Waals surface area contributed by atoms with E-state index in [0.29, 0.717) is 0 Å². The summed E-state index contributed by atoms with van der Waals surface area (Å²) in [6.45, 7) is 4.76. The average molecular weight is 678 g/mol. The fourth-order valence-electron chi connectivity index (χ4n) is 7.87. The molecule has 1 heteroatoms. The Morgan fingerprint density at radius 2 is 1.06 bits per heavy atom. The van der Waals surface area contributed by atoms with Crippen molar-refractivity contribution in [3.05, 3.63) is 199 Å². The van der Waals surface area contributed by atoms with Crippen LogP contribution in [0.3, 0.4) is 0 Å². The Kier molecular flexibility index (Phi) is 6.74. The van der Waals surface area contributed by atoms with Crippen LogP contribution in [0.2, 0.25) is 0 Å². The Labute approximate surface area is 289 Å². The first-order chi connectivity index (χ1) is 23.5. The molecule has 0 unspecified atom stereocenters. The van der Waals surface area contributed by atoms with E-state index in [4.69, 9.17) is 0 Å². The molecule has 7 aromatic rings. The van der Waals surface area contributed by atoms with E-state index in [-0.39, 0.29) is 5.41 Å². The molecule has 48 heavy (non-hydrogen) atoms. The lowest BCUT2D eigenvalue weighted by Crippen LogP contribution is -2.33. The van der Waals surface area contributed by atoms with Crippen LogP contribution >= 0.6 is 15.9 Å². The molecule has 2 aliphatic carbocycles. The number of hydrogen-bond acceptors (Lipinski definition) is 0. The topological polar surface area (TPSA) is 0 Å². The van der Waals surface area contributed by atoms with Crippen molar-refractivity contribution in [1.29, 1.82) is 0 Å². The van der Waals surface area contributed by atoms with Crippen molar-refractivity contribution in [2.45, 2.75) is 19.3 Å². The highest BCUT2D eigenvalue weighted by atomic mass is 79.9. The summed E-state index contributed by atoms with van der Waals surface area (Å²) in [6, 6.07) is 55.5. The maximum atomic E-state index is 3.77. The third-order valence-corrected chi connectivity index (χ3v) is 10.8. The average Bonchev–Trinajstić information content (AvgIpc) is 3.51. The molecule has 2 aliphatic rings. The highest BCUT2D eigenvalue weighted by Gasteiger charge is 2.32. The zero-order valence-electron chi connectivity index (χ0n) is 27.0. The number of halogens is 1. The van der Waals surface area contributed by atoms with Gasteiger partial charge in [-0.1, -0.05) is 163 Å². The molecule has 0 nitrogen and oxygen atoms in total. The van der Waals surface area contributed by atoms with Crippen molar-refractivity contribution in [2.24, 2.45) is 0 Å². The van der Waals surface area contributed by atoms with Crippen LogP contribution in [0.25, 0.3) is 56.7 Å². The van der Waals surface area contributed by atoms with E-state index in [1.807, 2.05) is 0 Å². The number of rotatable bonds is 4. The van der Waals surface area contributed by atoms with Crippen LogP contribution in [0.1, 0.15) is 36.1 Å². The maximum absolute atomic E-state index is 3.77. The zero-order chi connectivity index (χ0) is 32.4. The Morgan fingerprint density at radius 1 is 0.479 bits per heavy atom. The van der Waals surface area contributed by atoms with E-state index in [2.05, 4.69) is 194 Å². The second-order valence-corrected chi connectivity index (χ2v) is 14.4. The Balaban J connectivity index is 1.33. The molecular weight excluding hydrogens is 644 g/mol. The van der Waals surface area contributed by atoms with E-state index in [1.54, 1.807) is 0 Å². The van der Waals surface area contributed by atoms with Gasteiger partial charge < -0.3 is 0 Å². The lowest BCUT2D eigenvalue weighted by Gasteiger charge is -2.33. The smallest absolute Gasteiger partial charge is 0.0178 e. The van der Waals surface area contributed by atoms with Crippen LogP contribution in [0.15, 0.2) is 156 Å². The Hall–Kier alpha value is -5.24. The summed E-state index contributed by atoms with van der Waals surface area (Å²) >= 11 is 3.77. The van der Waals surface area contributed by atoms with Gasteiger partial charge in [-0.15, -0.1) is 0 Å². The van der Waals surface area contributed by atoms with Gasteiger partial charge in [0.25, 0.3) is 0 Å². The van der Waals surface area contributed by atoms with Gasteiger partial charge in [0, 0.05) is 9.89 Å². The summed E-state index contributed by atoms with van der Waals surface area (Å²) in [5, 5.41) is 5.23. The van der Waals surface area contributed by atoms with Gasteiger partial charge in [-0.25, -0.2) is 0 Å². The number of hydrogen-bond donors (Lipinski definition) is 0. The molecule has 0 amide bonds. The zero-order valence-corrected chi connectivity index (χ0v) is 28.6. The quantitative estimate of drug-likeness (QED) is 0.174. The van der Waals surface area contributed by atoms with Gasteiger partial charge in [0.05, 0.1) is 0 Å². The molecule has 0 N–H and O–H groups in total. The summed E-state index contributed by atoms with van der Waals surface area (Å²) < 4.78 is 1.11. The van der Waals surface area contributed by atoms with Gasteiger partial charge in [-0.05, 0) is 118 Å². The first-order valence-electron chi connectivity index (χ1n) is 16.6. The molecule has 9 rings (SSSR count). The summed E-state index contributed by atoms with van der Waals surface area (Å²) in [4.78, 5) is 0. The second kappa shape index (κ2) is 11.2. The van der Waals surface area contributed by atoms with Gasteiger partial charge in [0.1, 0.15) is 0 Å². The molecule has 0 atom stereocenters. The monoisotopic (exact) mass is 676 g/mol. The standard InChI is InChI=1S/C47H33Br/c1-47(2)43-28-38(48)25-24-36(43)26-42-44(47)29-41-40(45(42)35-22-18-33(19-23-35)31-12-7-4-8-13-31)27-37-14-9-15-39(46(37)41)34-20-16-32(17-21-34)30-10-5-3-6-11-30/h3-29H,1-2H3. The molecule has 0 aliphatic heterocycles. The minimum atomic E-state index is -0.189. The first kappa shape index (κ1) is 28.9. The second-order valence-electron chi connectivity index (χ2n) is 13.5. The molecule has 0 saturated heterocycles. The van der Waals surface area contributed by atoms with Gasteiger partial charge in [-0.2, -0.15) is 0 Å². The highest BCUT2D eigenvalue weighted by molar-refractivity contribution is 9.10. The predicted octanol–water partition coefficient (Wildman–Crippen LogP) is 11.0. The highest BCUT2D eigenvalue weighted by Crippen LogP contribution is 2.40. The van der Waals surface area contributed by atoms with E-state index < -0.39 is 0 Å². The lowest BCUT2D eigenvalue weighted by atomic mass is 9.70. The van der Waals surface area contributed by atoms with Crippen LogP contribution in [0.5, 0.6) is 0 Å². The summed E-state index contributed by atoms with van der Waals surface area (Å²) in [6.07, 6.45) is 4.84. The van der Waals surface area contributed by atoms with Gasteiger partial charge in [0.2, 0.25) is 0 Å². The molecule has 0 bridgehead atoms.